The molecule has 3 heterocycles. The monoisotopic (exact) mass is 407 g/mol. The van der Waals surface area contributed by atoms with Crippen LogP contribution in [0.3, 0.4) is 0 Å². The van der Waals surface area contributed by atoms with Crippen molar-refractivity contribution in [3.8, 4) is 27.8 Å². The van der Waals surface area contributed by atoms with Gasteiger partial charge in [-0.15, -0.1) is 16.4 Å². The van der Waals surface area contributed by atoms with Crippen LogP contribution in [-0.4, -0.2) is 45.9 Å². The summed E-state index contributed by atoms with van der Waals surface area (Å²) in [5.41, 5.74) is 3.64. The zero-order chi connectivity index (χ0) is 20.4. The Bertz CT molecular complexity index is 1120. The number of aromatic nitrogens is 5. The van der Waals surface area contributed by atoms with Crippen LogP contribution in [-0.2, 0) is 6.54 Å². The largest absolute Gasteiger partial charge is 0.476 e. The van der Waals surface area contributed by atoms with Crippen LogP contribution < -0.4 is 9.22 Å². The number of benzene rings is 1. The van der Waals surface area contributed by atoms with Gasteiger partial charge in [0, 0.05) is 23.7 Å². The standard InChI is InChI=1S/C21H23N6OS/c1-5-26-13-18(19(25-26)28-4)27(2,3)21-22-12-11-16(24-21)17-14-29-20(23-17)15-9-7-6-8-10-15/h6-14H,5H2,1-4H3/q+1. The molecule has 1 aromatic carbocycles. The molecule has 4 rings (SSSR count). The first kappa shape index (κ1) is 19.2. The number of nitrogens with zero attached hydrogens (tertiary/aromatic N) is 6. The van der Waals surface area contributed by atoms with Gasteiger partial charge in [0.2, 0.25) is 5.69 Å². The van der Waals surface area contributed by atoms with Gasteiger partial charge in [0.25, 0.3) is 5.88 Å². The van der Waals surface area contributed by atoms with E-state index in [0.717, 1.165) is 34.2 Å². The minimum Gasteiger partial charge on any atom is -0.476 e. The lowest BCUT2D eigenvalue weighted by molar-refractivity contribution is 0.378. The highest BCUT2D eigenvalue weighted by atomic mass is 32.1. The van der Waals surface area contributed by atoms with Gasteiger partial charge in [-0.3, -0.25) is 4.68 Å². The molecule has 0 saturated heterocycles. The van der Waals surface area contributed by atoms with Crippen LogP contribution in [0.25, 0.3) is 22.0 Å². The molecule has 0 bridgehead atoms. The van der Waals surface area contributed by atoms with Crippen molar-refractivity contribution < 1.29 is 4.74 Å². The summed E-state index contributed by atoms with van der Waals surface area (Å²) < 4.78 is 7.65. The van der Waals surface area contributed by atoms with Gasteiger partial charge < -0.3 is 4.74 Å². The van der Waals surface area contributed by atoms with Crippen molar-refractivity contribution in [3.63, 3.8) is 0 Å². The van der Waals surface area contributed by atoms with Crippen LogP contribution in [0.4, 0.5) is 11.6 Å². The van der Waals surface area contributed by atoms with Gasteiger partial charge in [0.05, 0.1) is 33.1 Å². The Morgan fingerprint density at radius 1 is 1.07 bits per heavy atom. The third-order valence-electron chi connectivity index (χ3n) is 4.76. The maximum atomic E-state index is 5.49. The van der Waals surface area contributed by atoms with Gasteiger partial charge in [0.15, 0.2) is 0 Å². The second kappa shape index (κ2) is 7.73. The molecule has 3 aromatic heterocycles. The van der Waals surface area contributed by atoms with Gasteiger partial charge in [0.1, 0.15) is 10.7 Å². The molecule has 7 nitrogen and oxygen atoms in total. The number of aryl methyl sites for hydroxylation is 1. The second-order valence-corrected chi connectivity index (χ2v) is 7.84. The van der Waals surface area contributed by atoms with Crippen LogP contribution in [0, 0.1) is 0 Å². The van der Waals surface area contributed by atoms with E-state index in [9.17, 15) is 0 Å². The smallest absolute Gasteiger partial charge is 0.334 e. The van der Waals surface area contributed by atoms with E-state index in [1.165, 1.54) is 0 Å². The maximum absolute atomic E-state index is 5.49. The predicted molar refractivity (Wildman–Crippen MR) is 116 cm³/mol. The van der Waals surface area contributed by atoms with Gasteiger partial charge >= 0.3 is 5.95 Å². The fraction of sp³-hybridized carbons (Fsp3) is 0.238. The molecule has 0 spiro atoms. The number of methoxy groups -OCH3 is 1. The number of thiazole rings is 1. The van der Waals surface area contributed by atoms with E-state index in [4.69, 9.17) is 14.7 Å². The van der Waals surface area contributed by atoms with Crippen LogP contribution in [0.15, 0.2) is 54.2 Å². The van der Waals surface area contributed by atoms with Gasteiger partial charge in [-0.1, -0.05) is 30.3 Å². The molecule has 8 heteroatoms. The Morgan fingerprint density at radius 2 is 1.86 bits per heavy atom. The SMILES string of the molecule is CCn1cc([N+](C)(C)c2nccc(-c3csc(-c4ccccc4)n3)n2)c(OC)n1. The van der Waals surface area contributed by atoms with Crippen molar-refractivity contribution in [2.45, 2.75) is 13.5 Å². The lowest BCUT2D eigenvalue weighted by atomic mass is 10.2. The third-order valence-corrected chi connectivity index (χ3v) is 5.65. The number of quaternary nitrogens is 1. The topological polar surface area (TPSA) is 65.7 Å². The van der Waals surface area contributed by atoms with Crippen molar-refractivity contribution >= 4 is 23.0 Å². The molecule has 0 N–H and O–H groups in total. The molecule has 0 fully saturated rings. The first-order chi connectivity index (χ1) is 14.0. The van der Waals surface area contributed by atoms with Gasteiger partial charge in [-0.2, -0.15) is 9.97 Å². The van der Waals surface area contributed by atoms with E-state index in [0.29, 0.717) is 16.3 Å². The lowest BCUT2D eigenvalue weighted by Crippen LogP contribution is -2.36. The van der Waals surface area contributed by atoms with Crippen LogP contribution >= 0.6 is 11.3 Å². The van der Waals surface area contributed by atoms with E-state index in [1.54, 1.807) is 24.6 Å². The van der Waals surface area contributed by atoms with Crippen molar-refractivity contribution in [2.24, 2.45) is 0 Å². The summed E-state index contributed by atoms with van der Waals surface area (Å²) in [4.78, 5) is 14.1. The maximum Gasteiger partial charge on any atom is 0.334 e. The summed E-state index contributed by atoms with van der Waals surface area (Å²) in [5.74, 6) is 1.22. The van der Waals surface area contributed by atoms with Crippen LogP contribution in [0.2, 0.25) is 0 Å². The minimum atomic E-state index is 0.312. The lowest BCUT2D eigenvalue weighted by Gasteiger charge is -2.24. The zero-order valence-corrected chi connectivity index (χ0v) is 17.7. The van der Waals surface area contributed by atoms with Crippen molar-refractivity contribution in [1.29, 1.82) is 0 Å². The zero-order valence-electron chi connectivity index (χ0n) is 16.9. The molecular weight excluding hydrogens is 384 g/mol. The molecule has 0 radical (unpaired) electrons. The predicted octanol–water partition coefficient (Wildman–Crippen LogP) is 4.39. The Balaban J connectivity index is 1.71. The summed E-state index contributed by atoms with van der Waals surface area (Å²) >= 11 is 1.61. The summed E-state index contributed by atoms with van der Waals surface area (Å²) in [5, 5.41) is 7.47. The van der Waals surface area contributed by atoms with E-state index in [2.05, 4.69) is 22.2 Å². The van der Waals surface area contributed by atoms with Crippen molar-refractivity contribution in [2.75, 3.05) is 21.2 Å². The third kappa shape index (κ3) is 3.64. The molecule has 0 atom stereocenters. The quantitative estimate of drug-likeness (QED) is 0.444. The Morgan fingerprint density at radius 3 is 2.59 bits per heavy atom. The number of hydrogen-bond donors (Lipinski definition) is 0. The molecule has 148 valence electrons. The molecule has 0 aliphatic heterocycles. The molecule has 29 heavy (non-hydrogen) atoms. The van der Waals surface area contributed by atoms with E-state index >= 15 is 0 Å². The van der Waals surface area contributed by atoms with E-state index < -0.39 is 0 Å². The molecule has 4 aromatic rings. The summed E-state index contributed by atoms with van der Waals surface area (Å²) in [6.07, 6.45) is 3.75. The Labute approximate surface area is 173 Å². The highest BCUT2D eigenvalue weighted by Gasteiger charge is 2.33. The number of rotatable bonds is 6. The Kier molecular flexibility index (Phi) is 5.12. The van der Waals surface area contributed by atoms with Crippen molar-refractivity contribution in [1.82, 2.24) is 29.2 Å². The Hall–Kier alpha value is -3.10. The second-order valence-electron chi connectivity index (χ2n) is 6.98. The number of hydrogen-bond acceptors (Lipinski definition) is 6. The van der Waals surface area contributed by atoms with Crippen LogP contribution in [0.5, 0.6) is 5.88 Å². The molecule has 0 amide bonds. The molecular formula is C21H23N6OS+. The summed E-state index contributed by atoms with van der Waals surface area (Å²) in [6, 6.07) is 12.0. The number of ether oxygens (including phenoxy) is 1. The van der Waals surface area contributed by atoms with E-state index in [-0.39, 0.29) is 0 Å². The fourth-order valence-electron chi connectivity index (χ4n) is 3.06. The molecule has 0 aliphatic rings. The van der Waals surface area contributed by atoms with Gasteiger partial charge in [-0.25, -0.2) is 9.47 Å². The molecule has 0 aliphatic carbocycles. The summed E-state index contributed by atoms with van der Waals surface area (Å²) in [7, 11) is 5.67. The average Bonchev–Trinajstić information content (AvgIpc) is 3.42. The molecule has 0 unspecified atom stereocenters. The first-order valence-corrected chi connectivity index (χ1v) is 10.2. The van der Waals surface area contributed by atoms with Crippen LogP contribution in [0.1, 0.15) is 6.92 Å². The minimum absolute atomic E-state index is 0.312. The highest BCUT2D eigenvalue weighted by Crippen LogP contribution is 2.36. The van der Waals surface area contributed by atoms with E-state index in [1.807, 2.05) is 61.5 Å². The average molecular weight is 408 g/mol. The van der Waals surface area contributed by atoms with Crippen molar-refractivity contribution in [3.05, 3.63) is 54.2 Å². The normalized spacial score (nSPS) is 11.6. The fourth-order valence-corrected chi connectivity index (χ4v) is 3.88. The van der Waals surface area contributed by atoms with Gasteiger partial charge in [-0.05, 0) is 13.0 Å². The highest BCUT2D eigenvalue weighted by molar-refractivity contribution is 7.13. The summed E-state index contributed by atoms with van der Waals surface area (Å²) in [6.45, 7) is 2.80. The first-order valence-electron chi connectivity index (χ1n) is 9.34. The molecule has 0 saturated carbocycles.